The highest BCUT2D eigenvalue weighted by Gasteiger charge is 2.32. The van der Waals surface area contributed by atoms with E-state index in [1.165, 1.54) is 37.9 Å². The average Bonchev–Trinajstić information content (AvgIpc) is 2.30. The smallest absolute Gasteiger partial charge is 0.00229 e. The fraction of sp³-hybridized carbons (Fsp3) is 0.571. The maximum atomic E-state index is 3.46. The molecule has 1 aliphatic rings. The van der Waals surface area contributed by atoms with Crippen LogP contribution in [0.4, 0.5) is 0 Å². The van der Waals surface area contributed by atoms with Gasteiger partial charge < -0.3 is 5.32 Å². The van der Waals surface area contributed by atoms with Crippen molar-refractivity contribution in [2.24, 2.45) is 0 Å². The lowest BCUT2D eigenvalue weighted by Gasteiger charge is -2.38. The van der Waals surface area contributed by atoms with Crippen molar-refractivity contribution in [3.63, 3.8) is 0 Å². The van der Waals surface area contributed by atoms with Crippen LogP contribution in [0.5, 0.6) is 0 Å². The van der Waals surface area contributed by atoms with Gasteiger partial charge in [-0.2, -0.15) is 0 Å². The highest BCUT2D eigenvalue weighted by Crippen LogP contribution is 2.38. The van der Waals surface area contributed by atoms with E-state index >= 15 is 0 Å². The summed E-state index contributed by atoms with van der Waals surface area (Å²) in [5, 5.41) is 3.46. The molecule has 0 aromatic heterocycles. The van der Waals surface area contributed by atoms with Crippen molar-refractivity contribution in [1.82, 2.24) is 5.32 Å². The van der Waals surface area contributed by atoms with Gasteiger partial charge in [0.25, 0.3) is 0 Å². The molecule has 2 rings (SSSR count). The number of hydrogen-bond acceptors (Lipinski definition) is 1. The molecule has 0 aliphatic carbocycles. The van der Waals surface area contributed by atoms with Gasteiger partial charge in [0.05, 0.1) is 0 Å². The Kier molecular flexibility index (Phi) is 3.11. The molecule has 1 heteroatoms. The second-order valence-electron chi connectivity index (χ2n) is 4.70. The molecule has 1 aliphatic heterocycles. The summed E-state index contributed by atoms with van der Waals surface area (Å²) in [6, 6.07) is 8.89. The summed E-state index contributed by atoms with van der Waals surface area (Å²) >= 11 is 0. The maximum absolute atomic E-state index is 3.46. The summed E-state index contributed by atoms with van der Waals surface area (Å²) in [6.07, 6.45) is 3.84. The number of aryl methyl sites for hydroxylation is 1. The number of hydrogen-bond donors (Lipinski definition) is 1. The summed E-state index contributed by atoms with van der Waals surface area (Å²) in [6.45, 7) is 6.91. The molecule has 0 amide bonds. The average molecular weight is 203 g/mol. The van der Waals surface area contributed by atoms with Gasteiger partial charge in [-0.05, 0) is 55.8 Å². The Labute approximate surface area is 92.9 Å². The van der Waals surface area contributed by atoms with Crippen LogP contribution in [0, 0.1) is 6.92 Å². The Hall–Kier alpha value is -0.820. The van der Waals surface area contributed by atoms with E-state index in [0.29, 0.717) is 5.41 Å². The molecule has 15 heavy (non-hydrogen) atoms. The quantitative estimate of drug-likeness (QED) is 0.779. The fourth-order valence-corrected chi connectivity index (χ4v) is 2.89. The molecule has 1 aromatic carbocycles. The topological polar surface area (TPSA) is 12.0 Å². The first-order chi connectivity index (χ1) is 7.28. The molecule has 1 nitrogen and oxygen atoms in total. The second-order valence-corrected chi connectivity index (χ2v) is 4.70. The van der Waals surface area contributed by atoms with Crippen molar-refractivity contribution in [3.05, 3.63) is 35.4 Å². The first kappa shape index (κ1) is 10.7. The Morgan fingerprint density at radius 2 is 1.87 bits per heavy atom. The maximum Gasteiger partial charge on any atom is -0.00229 e. The van der Waals surface area contributed by atoms with E-state index in [1.807, 2.05) is 0 Å². The van der Waals surface area contributed by atoms with Crippen molar-refractivity contribution in [2.75, 3.05) is 13.1 Å². The van der Waals surface area contributed by atoms with E-state index in [4.69, 9.17) is 0 Å². The lowest BCUT2D eigenvalue weighted by atomic mass is 9.70. The Bertz CT molecular complexity index is 324. The molecule has 1 fully saturated rings. The summed E-state index contributed by atoms with van der Waals surface area (Å²) in [7, 11) is 0. The van der Waals surface area contributed by atoms with E-state index in [1.54, 1.807) is 5.56 Å². The number of piperidine rings is 1. The zero-order chi connectivity index (χ0) is 10.7. The van der Waals surface area contributed by atoms with Crippen LogP contribution in [-0.2, 0) is 5.41 Å². The van der Waals surface area contributed by atoms with E-state index in [2.05, 4.69) is 43.4 Å². The minimum Gasteiger partial charge on any atom is -0.317 e. The second kappa shape index (κ2) is 4.36. The van der Waals surface area contributed by atoms with Gasteiger partial charge in [0.1, 0.15) is 0 Å². The van der Waals surface area contributed by atoms with Crippen molar-refractivity contribution < 1.29 is 0 Å². The lowest BCUT2D eigenvalue weighted by molar-refractivity contribution is 0.296. The third kappa shape index (κ3) is 1.93. The van der Waals surface area contributed by atoms with Gasteiger partial charge in [-0.25, -0.2) is 0 Å². The minimum absolute atomic E-state index is 0.441. The van der Waals surface area contributed by atoms with Gasteiger partial charge in [-0.3, -0.25) is 0 Å². The van der Waals surface area contributed by atoms with E-state index in [0.717, 1.165) is 0 Å². The third-order valence-electron chi connectivity index (χ3n) is 3.95. The van der Waals surface area contributed by atoms with Crippen LogP contribution in [0.25, 0.3) is 0 Å². The zero-order valence-corrected chi connectivity index (χ0v) is 9.84. The van der Waals surface area contributed by atoms with Crippen LogP contribution in [0.3, 0.4) is 0 Å². The predicted octanol–water partition coefficient (Wildman–Crippen LogP) is 3.03. The Balaban J connectivity index is 2.36. The summed E-state index contributed by atoms with van der Waals surface area (Å²) < 4.78 is 0. The molecule has 1 N–H and O–H groups in total. The van der Waals surface area contributed by atoms with E-state index < -0.39 is 0 Å². The van der Waals surface area contributed by atoms with Gasteiger partial charge in [0.2, 0.25) is 0 Å². The van der Waals surface area contributed by atoms with Crippen LogP contribution in [-0.4, -0.2) is 13.1 Å². The Morgan fingerprint density at radius 3 is 2.47 bits per heavy atom. The number of rotatable bonds is 2. The molecule has 1 saturated heterocycles. The third-order valence-corrected chi connectivity index (χ3v) is 3.95. The molecule has 0 atom stereocenters. The minimum atomic E-state index is 0.441. The fourth-order valence-electron chi connectivity index (χ4n) is 2.89. The van der Waals surface area contributed by atoms with Gasteiger partial charge in [0, 0.05) is 0 Å². The summed E-state index contributed by atoms with van der Waals surface area (Å²) in [5.74, 6) is 0. The first-order valence-corrected chi connectivity index (χ1v) is 6.05. The van der Waals surface area contributed by atoms with Crippen LogP contribution in [0.2, 0.25) is 0 Å². The number of benzene rings is 1. The van der Waals surface area contributed by atoms with Crippen molar-refractivity contribution >= 4 is 0 Å². The predicted molar refractivity (Wildman–Crippen MR) is 65.3 cm³/mol. The Morgan fingerprint density at radius 1 is 1.20 bits per heavy atom. The van der Waals surface area contributed by atoms with Crippen LogP contribution < -0.4 is 5.32 Å². The van der Waals surface area contributed by atoms with Crippen LogP contribution in [0.1, 0.15) is 37.3 Å². The molecular formula is C14H21N. The van der Waals surface area contributed by atoms with Crippen molar-refractivity contribution in [3.8, 4) is 0 Å². The molecule has 1 heterocycles. The first-order valence-electron chi connectivity index (χ1n) is 6.05. The van der Waals surface area contributed by atoms with Gasteiger partial charge in [-0.1, -0.05) is 31.2 Å². The molecule has 82 valence electrons. The lowest BCUT2D eigenvalue weighted by Crippen LogP contribution is -2.39. The van der Waals surface area contributed by atoms with Crippen LogP contribution in [0.15, 0.2) is 24.3 Å². The normalized spacial score (nSPS) is 20.1. The van der Waals surface area contributed by atoms with Crippen LogP contribution >= 0.6 is 0 Å². The summed E-state index contributed by atoms with van der Waals surface area (Å²) in [4.78, 5) is 0. The highest BCUT2D eigenvalue weighted by atomic mass is 14.9. The summed E-state index contributed by atoms with van der Waals surface area (Å²) in [5.41, 5.74) is 3.48. The molecule has 0 unspecified atom stereocenters. The zero-order valence-electron chi connectivity index (χ0n) is 9.84. The molecule has 1 aromatic rings. The molecular weight excluding hydrogens is 182 g/mol. The standard InChI is InChI=1S/C14H21N/c1-3-14(8-10-15-11-9-14)13-7-5-4-6-12(13)2/h4-7,15H,3,8-11H2,1-2H3. The molecule has 0 bridgehead atoms. The highest BCUT2D eigenvalue weighted by molar-refractivity contribution is 5.33. The van der Waals surface area contributed by atoms with E-state index in [9.17, 15) is 0 Å². The number of nitrogens with one attached hydrogen (secondary N) is 1. The van der Waals surface area contributed by atoms with Crippen molar-refractivity contribution in [1.29, 1.82) is 0 Å². The van der Waals surface area contributed by atoms with E-state index in [-0.39, 0.29) is 0 Å². The monoisotopic (exact) mass is 203 g/mol. The van der Waals surface area contributed by atoms with Gasteiger partial charge in [-0.15, -0.1) is 0 Å². The van der Waals surface area contributed by atoms with Crippen molar-refractivity contribution in [2.45, 2.75) is 38.5 Å². The van der Waals surface area contributed by atoms with Gasteiger partial charge >= 0.3 is 0 Å². The molecule has 0 radical (unpaired) electrons. The SMILES string of the molecule is CCC1(c2ccccc2C)CCNCC1. The molecule has 0 spiro atoms. The largest absolute Gasteiger partial charge is 0.317 e. The van der Waals surface area contributed by atoms with Gasteiger partial charge in [0.15, 0.2) is 0 Å². The molecule has 0 saturated carbocycles.